The van der Waals surface area contributed by atoms with E-state index in [9.17, 15) is 9.59 Å². The van der Waals surface area contributed by atoms with E-state index in [0.29, 0.717) is 39.2 Å². The van der Waals surface area contributed by atoms with Gasteiger partial charge in [-0.05, 0) is 44.4 Å². The van der Waals surface area contributed by atoms with Gasteiger partial charge in [0.2, 0.25) is 5.91 Å². The third-order valence-electron chi connectivity index (χ3n) is 7.47. The number of benzene rings is 1. The van der Waals surface area contributed by atoms with Crippen LogP contribution in [-0.4, -0.2) is 66.2 Å². The lowest BCUT2D eigenvalue weighted by Gasteiger charge is -2.47. The smallest absolute Gasteiger partial charge is 0.320 e. The van der Waals surface area contributed by atoms with Crippen LogP contribution in [-0.2, 0) is 19.9 Å². The Morgan fingerprint density at radius 2 is 1.91 bits per heavy atom. The Kier molecular flexibility index (Phi) is 6.34. The molecular weight excluding hydrogens is 444 g/mol. The molecule has 1 aromatic carbocycles. The highest BCUT2D eigenvalue weighted by atomic mass is 16.5. The first-order valence-electron chi connectivity index (χ1n) is 12.3. The fraction of sp³-hybridized carbons (Fsp3) is 0.444. The molecule has 2 aromatic rings. The molecule has 1 amide bonds. The number of hydrogen-bond donors (Lipinski definition) is 1. The number of allylic oxidation sites excluding steroid dienone is 3. The summed E-state index contributed by atoms with van der Waals surface area (Å²) in [7, 11) is 0. The van der Waals surface area contributed by atoms with E-state index in [-0.39, 0.29) is 24.3 Å². The molecule has 0 bridgehead atoms. The zero-order chi connectivity index (χ0) is 24.6. The molecule has 3 aliphatic rings. The van der Waals surface area contributed by atoms with E-state index >= 15 is 0 Å². The van der Waals surface area contributed by atoms with Crippen LogP contribution in [0.4, 0.5) is 0 Å². The monoisotopic (exact) mass is 476 g/mol. The number of esters is 1. The third-order valence-corrected chi connectivity index (χ3v) is 7.47. The number of hydrogen-bond acceptors (Lipinski definition) is 7. The summed E-state index contributed by atoms with van der Waals surface area (Å²) in [6, 6.07) is 10.1. The van der Waals surface area contributed by atoms with Crippen molar-refractivity contribution >= 4 is 17.4 Å². The third kappa shape index (κ3) is 4.00. The zero-order valence-electron chi connectivity index (χ0n) is 20.5. The Morgan fingerprint density at radius 1 is 1.17 bits per heavy atom. The fourth-order valence-electron chi connectivity index (χ4n) is 5.94. The van der Waals surface area contributed by atoms with Crippen molar-refractivity contribution in [1.29, 1.82) is 0 Å². The van der Waals surface area contributed by atoms with Crippen molar-refractivity contribution in [3.63, 3.8) is 0 Å². The van der Waals surface area contributed by atoms with Crippen LogP contribution in [0.2, 0.25) is 0 Å². The topological polar surface area (TPSA) is 87.9 Å². The normalized spacial score (nSPS) is 25.0. The van der Waals surface area contributed by atoms with Crippen LogP contribution in [0.3, 0.4) is 0 Å². The molecule has 0 radical (unpaired) electrons. The van der Waals surface area contributed by atoms with Crippen LogP contribution in [0.15, 0.2) is 52.7 Å². The molecule has 184 valence electrons. The lowest BCUT2D eigenvalue weighted by molar-refractivity contribution is -0.146. The van der Waals surface area contributed by atoms with Crippen LogP contribution < -0.4 is 5.32 Å². The van der Waals surface area contributed by atoms with Crippen LogP contribution in [0.25, 0.3) is 5.57 Å². The molecular formula is C27H32N4O4. The van der Waals surface area contributed by atoms with Crippen molar-refractivity contribution in [2.24, 2.45) is 5.92 Å². The highest BCUT2D eigenvalue weighted by Crippen LogP contribution is 2.50. The minimum absolute atomic E-state index is 0.00667. The first-order chi connectivity index (χ1) is 16.9. The number of aromatic nitrogens is 1. The standard InChI is InChI=1S/C27H32N4O4/c1-4-34-24(32)17-30-12-14-31(15-13-30)27(21-8-6-5-7-9-21)22-16-20(10-11-23(22)28-26(27)33)25-18(2)29-35-19(25)3/h5-11,22H,4,12-17H2,1-3H3,(H,28,33). The molecule has 2 unspecified atom stereocenters. The number of carbonyl (C=O) groups excluding carboxylic acids is 2. The van der Waals surface area contributed by atoms with Gasteiger partial charge in [-0.1, -0.05) is 41.6 Å². The van der Waals surface area contributed by atoms with E-state index in [4.69, 9.17) is 9.26 Å². The second kappa shape index (κ2) is 9.43. The fourth-order valence-corrected chi connectivity index (χ4v) is 5.94. The second-order valence-corrected chi connectivity index (χ2v) is 9.42. The molecule has 3 heterocycles. The van der Waals surface area contributed by atoms with Gasteiger partial charge in [0.05, 0.1) is 18.8 Å². The predicted octanol–water partition coefficient (Wildman–Crippen LogP) is 2.78. The summed E-state index contributed by atoms with van der Waals surface area (Å²) in [4.78, 5) is 30.3. The quantitative estimate of drug-likeness (QED) is 0.642. The Hall–Kier alpha value is -3.23. The average Bonchev–Trinajstić information content (AvgIpc) is 3.35. The van der Waals surface area contributed by atoms with Crippen molar-refractivity contribution in [3.8, 4) is 0 Å². The molecule has 2 aliphatic heterocycles. The van der Waals surface area contributed by atoms with Gasteiger partial charge in [-0.3, -0.25) is 19.4 Å². The van der Waals surface area contributed by atoms with Gasteiger partial charge in [-0.15, -0.1) is 0 Å². The highest BCUT2D eigenvalue weighted by molar-refractivity contribution is 5.94. The molecule has 2 saturated heterocycles. The van der Waals surface area contributed by atoms with Gasteiger partial charge in [0.1, 0.15) is 11.3 Å². The number of amides is 1. The van der Waals surface area contributed by atoms with Crippen molar-refractivity contribution < 1.29 is 18.8 Å². The SMILES string of the molecule is CCOC(=O)CN1CCN(C2(c3ccccc3)C(=O)NC3=CC=C(c4c(C)noc4C)CC32)CC1. The van der Waals surface area contributed by atoms with Gasteiger partial charge in [0.25, 0.3) is 0 Å². The number of ether oxygens (including phenoxy) is 1. The lowest BCUT2D eigenvalue weighted by atomic mass is 9.72. The summed E-state index contributed by atoms with van der Waals surface area (Å²) in [5.41, 5.74) is 4.13. The van der Waals surface area contributed by atoms with E-state index in [1.807, 2.05) is 45.0 Å². The predicted molar refractivity (Wildman–Crippen MR) is 131 cm³/mol. The molecule has 2 atom stereocenters. The maximum Gasteiger partial charge on any atom is 0.320 e. The van der Waals surface area contributed by atoms with Crippen LogP contribution in [0, 0.1) is 19.8 Å². The van der Waals surface area contributed by atoms with Crippen molar-refractivity contribution in [2.75, 3.05) is 39.3 Å². The number of nitrogens with zero attached hydrogens (tertiary/aromatic N) is 3. The zero-order valence-corrected chi connectivity index (χ0v) is 20.5. The number of aryl methyl sites for hydroxylation is 2. The Bertz CT molecular complexity index is 1160. The van der Waals surface area contributed by atoms with E-state index < -0.39 is 5.54 Å². The van der Waals surface area contributed by atoms with Gasteiger partial charge in [0, 0.05) is 43.4 Å². The van der Waals surface area contributed by atoms with Gasteiger partial charge in [-0.25, -0.2) is 0 Å². The Morgan fingerprint density at radius 3 is 2.57 bits per heavy atom. The molecule has 8 nitrogen and oxygen atoms in total. The average molecular weight is 477 g/mol. The van der Waals surface area contributed by atoms with Gasteiger partial charge in [0.15, 0.2) is 0 Å². The number of rotatable bonds is 6. The summed E-state index contributed by atoms with van der Waals surface area (Å²) in [6.07, 6.45) is 4.82. The lowest BCUT2D eigenvalue weighted by Crippen LogP contribution is -2.61. The van der Waals surface area contributed by atoms with Crippen LogP contribution >= 0.6 is 0 Å². The summed E-state index contributed by atoms with van der Waals surface area (Å²) in [5, 5.41) is 7.36. The second-order valence-electron chi connectivity index (χ2n) is 9.42. The van der Waals surface area contributed by atoms with Gasteiger partial charge in [-0.2, -0.15) is 0 Å². The first kappa shape index (κ1) is 23.5. The summed E-state index contributed by atoms with van der Waals surface area (Å²) in [6.45, 7) is 9.11. The number of piperazine rings is 1. The molecule has 1 aromatic heterocycles. The maximum absolute atomic E-state index is 13.9. The number of carbonyl (C=O) groups is 2. The van der Waals surface area contributed by atoms with Crippen molar-refractivity contribution in [3.05, 3.63) is 70.8 Å². The van der Waals surface area contributed by atoms with E-state index in [2.05, 4.69) is 38.5 Å². The molecule has 1 aliphatic carbocycles. The van der Waals surface area contributed by atoms with Gasteiger partial charge >= 0.3 is 5.97 Å². The summed E-state index contributed by atoms with van der Waals surface area (Å²) >= 11 is 0. The number of nitrogens with one attached hydrogen (secondary N) is 1. The van der Waals surface area contributed by atoms with Crippen molar-refractivity contribution in [2.45, 2.75) is 32.7 Å². The van der Waals surface area contributed by atoms with Crippen LogP contribution in [0.1, 0.15) is 35.9 Å². The minimum atomic E-state index is -0.832. The number of fused-ring (bicyclic) bond motifs is 1. The molecule has 1 N–H and O–H groups in total. The maximum atomic E-state index is 13.9. The van der Waals surface area contributed by atoms with Crippen LogP contribution in [0.5, 0.6) is 0 Å². The molecule has 2 fully saturated rings. The molecule has 8 heteroatoms. The summed E-state index contributed by atoms with van der Waals surface area (Å²) in [5.74, 6) is 0.528. The highest BCUT2D eigenvalue weighted by Gasteiger charge is 2.58. The van der Waals surface area contributed by atoms with E-state index in [1.165, 1.54) is 0 Å². The molecule has 5 rings (SSSR count). The van der Waals surface area contributed by atoms with Crippen molar-refractivity contribution in [1.82, 2.24) is 20.3 Å². The van der Waals surface area contributed by atoms with E-state index in [0.717, 1.165) is 33.9 Å². The molecule has 0 spiro atoms. The Balaban J connectivity index is 1.48. The molecule has 35 heavy (non-hydrogen) atoms. The van der Waals surface area contributed by atoms with E-state index in [1.54, 1.807) is 0 Å². The first-order valence-corrected chi connectivity index (χ1v) is 12.3. The largest absolute Gasteiger partial charge is 0.465 e. The molecule has 0 saturated carbocycles. The summed E-state index contributed by atoms with van der Waals surface area (Å²) < 4.78 is 10.6. The Labute approximate surface area is 205 Å². The minimum Gasteiger partial charge on any atom is -0.465 e. The van der Waals surface area contributed by atoms with Gasteiger partial charge < -0.3 is 14.6 Å².